The number of carbonyl (C=O) groups excluding carboxylic acids is 1. The van der Waals surface area contributed by atoms with Gasteiger partial charge in [-0.3, -0.25) is 0 Å². The summed E-state index contributed by atoms with van der Waals surface area (Å²) in [6.07, 6.45) is 0. The Kier molecular flexibility index (Phi) is 6.04. The molecule has 0 N–H and O–H groups in total. The van der Waals surface area contributed by atoms with Crippen LogP contribution in [0.15, 0.2) is 40.9 Å². The topological polar surface area (TPSA) is 44.8 Å². The van der Waals surface area contributed by atoms with Crippen molar-refractivity contribution in [1.29, 1.82) is 0 Å². The number of carbonyl (C=O) groups is 1. The van der Waals surface area contributed by atoms with Crippen LogP contribution in [0.1, 0.15) is 28.4 Å². The number of ether oxygens (including phenoxy) is 3. The van der Waals surface area contributed by atoms with Crippen molar-refractivity contribution in [2.45, 2.75) is 20.5 Å². The van der Waals surface area contributed by atoms with E-state index < -0.39 is 0 Å². The van der Waals surface area contributed by atoms with Crippen molar-refractivity contribution in [3.05, 3.63) is 57.6 Å². The molecule has 0 heterocycles. The molecule has 0 fully saturated rings. The van der Waals surface area contributed by atoms with E-state index in [1.54, 1.807) is 20.1 Å². The molecule has 0 aromatic heterocycles. The molecule has 4 nitrogen and oxygen atoms in total. The lowest BCUT2D eigenvalue weighted by molar-refractivity contribution is 0.0524. The summed E-state index contributed by atoms with van der Waals surface area (Å²) in [6, 6.07) is 11.2. The van der Waals surface area contributed by atoms with Crippen molar-refractivity contribution in [3.63, 3.8) is 0 Å². The molecule has 0 radical (unpaired) electrons. The average molecular weight is 379 g/mol. The third kappa shape index (κ3) is 4.48. The number of hydrogen-bond acceptors (Lipinski definition) is 4. The van der Waals surface area contributed by atoms with Crippen LogP contribution in [-0.4, -0.2) is 19.7 Å². The predicted molar refractivity (Wildman–Crippen MR) is 92.2 cm³/mol. The molecule has 2 aromatic carbocycles. The van der Waals surface area contributed by atoms with Gasteiger partial charge in [0.25, 0.3) is 0 Å². The molecule has 0 saturated carbocycles. The summed E-state index contributed by atoms with van der Waals surface area (Å²) in [5, 5.41) is 0. The zero-order chi connectivity index (χ0) is 16.8. The number of hydrogen-bond donors (Lipinski definition) is 0. The molecule has 2 aromatic rings. The van der Waals surface area contributed by atoms with E-state index in [9.17, 15) is 4.79 Å². The first-order chi connectivity index (χ1) is 11.0. The highest BCUT2D eigenvalue weighted by Crippen LogP contribution is 2.28. The first kappa shape index (κ1) is 17.3. The molecule has 0 atom stereocenters. The first-order valence-electron chi connectivity index (χ1n) is 7.28. The van der Waals surface area contributed by atoms with Gasteiger partial charge in [-0.25, -0.2) is 4.79 Å². The van der Waals surface area contributed by atoms with Crippen molar-refractivity contribution < 1.29 is 19.0 Å². The van der Waals surface area contributed by atoms with Gasteiger partial charge in [0.2, 0.25) is 0 Å². The lowest BCUT2D eigenvalue weighted by atomic mass is 10.1. The number of rotatable bonds is 6. The molecule has 0 aliphatic rings. The average Bonchev–Trinajstić information content (AvgIpc) is 2.54. The van der Waals surface area contributed by atoms with Gasteiger partial charge in [0.15, 0.2) is 0 Å². The molecule has 0 aliphatic heterocycles. The Balaban J connectivity index is 2.15. The number of halogens is 1. The Morgan fingerprint density at radius 2 is 1.87 bits per heavy atom. The molecule has 0 spiro atoms. The lowest BCUT2D eigenvalue weighted by Gasteiger charge is -2.12. The van der Waals surface area contributed by atoms with E-state index in [-0.39, 0.29) is 5.97 Å². The minimum Gasteiger partial charge on any atom is -0.497 e. The van der Waals surface area contributed by atoms with Gasteiger partial charge in [0.05, 0.1) is 19.3 Å². The molecular formula is C18H19BrO4. The number of aryl methyl sites for hydroxylation is 1. The van der Waals surface area contributed by atoms with Crippen molar-refractivity contribution in [2.75, 3.05) is 13.7 Å². The van der Waals surface area contributed by atoms with Gasteiger partial charge in [-0.05, 0) is 65.2 Å². The maximum absolute atomic E-state index is 12.0. The second-order valence-corrected chi connectivity index (χ2v) is 5.81. The fourth-order valence-corrected chi connectivity index (χ4v) is 2.68. The second kappa shape index (κ2) is 8.02. The summed E-state index contributed by atoms with van der Waals surface area (Å²) in [5.41, 5.74) is 2.42. The Morgan fingerprint density at radius 3 is 2.48 bits per heavy atom. The van der Waals surface area contributed by atoms with Crippen LogP contribution in [0.5, 0.6) is 11.5 Å². The van der Waals surface area contributed by atoms with Crippen molar-refractivity contribution in [2.24, 2.45) is 0 Å². The fourth-order valence-electron chi connectivity index (χ4n) is 2.06. The minimum atomic E-state index is -0.367. The molecule has 0 saturated heterocycles. The molecular weight excluding hydrogens is 360 g/mol. The monoisotopic (exact) mass is 378 g/mol. The zero-order valence-corrected chi connectivity index (χ0v) is 15.0. The van der Waals surface area contributed by atoms with Gasteiger partial charge < -0.3 is 14.2 Å². The summed E-state index contributed by atoms with van der Waals surface area (Å²) < 4.78 is 16.7. The number of benzene rings is 2. The SMILES string of the molecule is CCOC(=O)c1cc(OCc2ccc(OC)cc2)c(C)cc1Br. The van der Waals surface area contributed by atoms with Crippen LogP contribution in [0.25, 0.3) is 0 Å². The number of esters is 1. The van der Waals surface area contributed by atoms with Gasteiger partial charge in [-0.1, -0.05) is 12.1 Å². The van der Waals surface area contributed by atoms with Crippen LogP contribution in [-0.2, 0) is 11.3 Å². The van der Waals surface area contributed by atoms with E-state index in [0.717, 1.165) is 16.9 Å². The summed E-state index contributed by atoms with van der Waals surface area (Å²) in [7, 11) is 1.63. The van der Waals surface area contributed by atoms with E-state index in [1.165, 1.54) is 0 Å². The molecule has 2 rings (SSSR count). The molecule has 5 heteroatoms. The lowest BCUT2D eigenvalue weighted by Crippen LogP contribution is -2.07. The van der Waals surface area contributed by atoms with Crippen LogP contribution in [0, 0.1) is 6.92 Å². The smallest absolute Gasteiger partial charge is 0.339 e. The summed E-state index contributed by atoms with van der Waals surface area (Å²) >= 11 is 3.39. The molecule has 23 heavy (non-hydrogen) atoms. The van der Waals surface area contributed by atoms with Crippen LogP contribution in [0.2, 0.25) is 0 Å². The van der Waals surface area contributed by atoms with Crippen LogP contribution in [0.4, 0.5) is 0 Å². The van der Waals surface area contributed by atoms with Gasteiger partial charge in [-0.15, -0.1) is 0 Å². The Hall–Kier alpha value is -2.01. The van der Waals surface area contributed by atoms with Gasteiger partial charge in [0.1, 0.15) is 18.1 Å². The van der Waals surface area contributed by atoms with E-state index in [1.807, 2.05) is 37.3 Å². The first-order valence-corrected chi connectivity index (χ1v) is 8.07. The second-order valence-electron chi connectivity index (χ2n) is 4.95. The van der Waals surface area contributed by atoms with Crippen molar-refractivity contribution in [1.82, 2.24) is 0 Å². The highest BCUT2D eigenvalue weighted by atomic mass is 79.9. The molecule has 0 amide bonds. The van der Waals surface area contributed by atoms with Gasteiger partial charge >= 0.3 is 5.97 Å². The highest BCUT2D eigenvalue weighted by Gasteiger charge is 2.14. The van der Waals surface area contributed by atoms with E-state index >= 15 is 0 Å². The number of methoxy groups -OCH3 is 1. The van der Waals surface area contributed by atoms with Crippen LogP contribution in [0.3, 0.4) is 0 Å². The van der Waals surface area contributed by atoms with Crippen molar-refractivity contribution >= 4 is 21.9 Å². The minimum absolute atomic E-state index is 0.335. The molecule has 0 bridgehead atoms. The Labute approximate surface area is 144 Å². The Morgan fingerprint density at radius 1 is 1.17 bits per heavy atom. The van der Waals surface area contributed by atoms with Gasteiger partial charge in [-0.2, -0.15) is 0 Å². The van der Waals surface area contributed by atoms with Gasteiger partial charge in [0, 0.05) is 4.47 Å². The largest absolute Gasteiger partial charge is 0.497 e. The maximum Gasteiger partial charge on any atom is 0.339 e. The summed E-state index contributed by atoms with van der Waals surface area (Å²) in [5.74, 6) is 1.10. The third-order valence-corrected chi connectivity index (χ3v) is 3.97. The van der Waals surface area contributed by atoms with E-state index in [0.29, 0.717) is 29.0 Å². The zero-order valence-electron chi connectivity index (χ0n) is 13.4. The van der Waals surface area contributed by atoms with Crippen LogP contribution >= 0.6 is 15.9 Å². The summed E-state index contributed by atoms with van der Waals surface area (Å²) in [4.78, 5) is 12.0. The van der Waals surface area contributed by atoms with Crippen LogP contribution < -0.4 is 9.47 Å². The van der Waals surface area contributed by atoms with E-state index in [4.69, 9.17) is 14.2 Å². The predicted octanol–water partition coefficient (Wildman–Crippen LogP) is 4.52. The standard InChI is InChI=1S/C18H19BrO4/c1-4-22-18(20)15-10-17(12(2)9-16(15)19)23-11-13-5-7-14(21-3)8-6-13/h5-10H,4,11H2,1-3H3. The highest BCUT2D eigenvalue weighted by molar-refractivity contribution is 9.10. The fraction of sp³-hybridized carbons (Fsp3) is 0.278. The Bertz CT molecular complexity index is 680. The van der Waals surface area contributed by atoms with E-state index in [2.05, 4.69) is 15.9 Å². The van der Waals surface area contributed by atoms with Crippen molar-refractivity contribution in [3.8, 4) is 11.5 Å². The third-order valence-electron chi connectivity index (χ3n) is 3.31. The molecule has 122 valence electrons. The quantitative estimate of drug-likeness (QED) is 0.693. The summed E-state index contributed by atoms with van der Waals surface area (Å²) in [6.45, 7) is 4.46. The normalized spacial score (nSPS) is 10.3. The molecule has 0 aliphatic carbocycles. The molecule has 0 unspecified atom stereocenters. The maximum atomic E-state index is 12.0.